The van der Waals surface area contributed by atoms with Gasteiger partial charge in [0.05, 0.1) is 0 Å². The van der Waals surface area contributed by atoms with Crippen LogP contribution in [-0.4, -0.2) is 4.98 Å². The molecule has 2 aromatic rings. The Kier molecular flexibility index (Phi) is 2.82. The highest BCUT2D eigenvalue weighted by Crippen LogP contribution is 2.23. The van der Waals surface area contributed by atoms with E-state index in [9.17, 15) is 0 Å². The molecule has 70 valence electrons. The molecule has 1 aromatic heterocycles. The standard InChI is InChI=1S/C12H10IN/c1-9-8-14-6-5-12(9)10-3-2-4-11(13)7-10/h2-8H,1H3. The average molecular weight is 295 g/mol. The first-order chi connectivity index (χ1) is 6.77. The summed E-state index contributed by atoms with van der Waals surface area (Å²) >= 11 is 2.33. The normalized spacial score (nSPS) is 10.1. The fourth-order valence-corrected chi connectivity index (χ4v) is 2.00. The number of rotatable bonds is 1. The predicted molar refractivity (Wildman–Crippen MR) is 67.1 cm³/mol. The van der Waals surface area contributed by atoms with Gasteiger partial charge in [0.25, 0.3) is 0 Å². The van der Waals surface area contributed by atoms with E-state index in [-0.39, 0.29) is 0 Å². The fraction of sp³-hybridized carbons (Fsp3) is 0.0833. The number of nitrogens with zero attached hydrogens (tertiary/aromatic N) is 1. The van der Waals surface area contributed by atoms with Crippen LogP contribution >= 0.6 is 22.6 Å². The Labute approximate surface area is 97.3 Å². The van der Waals surface area contributed by atoms with Crippen LogP contribution in [0.2, 0.25) is 0 Å². The van der Waals surface area contributed by atoms with Crippen molar-refractivity contribution in [2.24, 2.45) is 0 Å². The van der Waals surface area contributed by atoms with Gasteiger partial charge >= 0.3 is 0 Å². The van der Waals surface area contributed by atoms with E-state index in [4.69, 9.17) is 0 Å². The smallest absolute Gasteiger partial charge is 0.0303 e. The maximum atomic E-state index is 4.09. The number of benzene rings is 1. The molecule has 1 heterocycles. The zero-order valence-corrected chi connectivity index (χ0v) is 10.0. The molecule has 0 spiro atoms. The SMILES string of the molecule is Cc1cnccc1-c1cccc(I)c1. The summed E-state index contributed by atoms with van der Waals surface area (Å²) in [5.74, 6) is 0. The van der Waals surface area contributed by atoms with Gasteiger partial charge in [-0.3, -0.25) is 4.98 Å². The third-order valence-electron chi connectivity index (χ3n) is 2.16. The minimum atomic E-state index is 1.22. The topological polar surface area (TPSA) is 12.9 Å². The van der Waals surface area contributed by atoms with Crippen LogP contribution in [0.15, 0.2) is 42.7 Å². The highest BCUT2D eigenvalue weighted by atomic mass is 127. The molecule has 0 atom stereocenters. The van der Waals surface area contributed by atoms with Crippen molar-refractivity contribution in [1.82, 2.24) is 4.98 Å². The molecule has 0 radical (unpaired) electrons. The average Bonchev–Trinajstić information content (AvgIpc) is 2.18. The Hall–Kier alpha value is -0.900. The van der Waals surface area contributed by atoms with Crippen LogP contribution in [0.3, 0.4) is 0 Å². The monoisotopic (exact) mass is 295 g/mol. The molecule has 1 aromatic carbocycles. The maximum Gasteiger partial charge on any atom is 0.0303 e. The summed E-state index contributed by atoms with van der Waals surface area (Å²) in [6.07, 6.45) is 3.73. The van der Waals surface area contributed by atoms with Gasteiger partial charge in [-0.1, -0.05) is 12.1 Å². The predicted octanol–water partition coefficient (Wildman–Crippen LogP) is 3.66. The summed E-state index contributed by atoms with van der Waals surface area (Å²) in [6.45, 7) is 2.09. The fourth-order valence-electron chi connectivity index (χ4n) is 1.45. The lowest BCUT2D eigenvalue weighted by Gasteiger charge is -2.04. The van der Waals surface area contributed by atoms with Crippen LogP contribution in [-0.2, 0) is 0 Å². The Morgan fingerprint density at radius 1 is 1.21 bits per heavy atom. The Balaban J connectivity index is 2.55. The lowest BCUT2D eigenvalue weighted by atomic mass is 10.0. The Bertz CT molecular complexity index is 452. The van der Waals surface area contributed by atoms with Crippen LogP contribution in [0, 0.1) is 10.5 Å². The van der Waals surface area contributed by atoms with Crippen molar-refractivity contribution in [2.45, 2.75) is 6.92 Å². The van der Waals surface area contributed by atoms with E-state index in [2.05, 4.69) is 64.8 Å². The molecule has 0 saturated heterocycles. The van der Waals surface area contributed by atoms with Crippen molar-refractivity contribution in [3.63, 3.8) is 0 Å². The molecule has 0 saturated carbocycles. The molecule has 0 bridgehead atoms. The molecular formula is C12H10IN. The van der Waals surface area contributed by atoms with Crippen LogP contribution in [0.5, 0.6) is 0 Å². The van der Waals surface area contributed by atoms with Gasteiger partial charge in [-0.05, 0) is 64.4 Å². The van der Waals surface area contributed by atoms with E-state index < -0.39 is 0 Å². The molecule has 1 nitrogen and oxygen atoms in total. The quantitative estimate of drug-likeness (QED) is 0.732. The minimum Gasteiger partial charge on any atom is -0.264 e. The first-order valence-electron chi connectivity index (χ1n) is 4.44. The number of aryl methyl sites for hydroxylation is 1. The first kappa shape index (κ1) is 9.65. The van der Waals surface area contributed by atoms with Crippen molar-refractivity contribution >= 4 is 22.6 Å². The largest absolute Gasteiger partial charge is 0.264 e. The summed E-state index contributed by atoms with van der Waals surface area (Å²) in [4.78, 5) is 4.09. The molecule has 0 aliphatic carbocycles. The first-order valence-corrected chi connectivity index (χ1v) is 5.52. The molecular weight excluding hydrogens is 285 g/mol. The second-order valence-corrected chi connectivity index (χ2v) is 4.45. The zero-order valence-electron chi connectivity index (χ0n) is 7.87. The number of halogens is 1. The molecule has 2 rings (SSSR count). The van der Waals surface area contributed by atoms with Crippen molar-refractivity contribution in [3.05, 3.63) is 51.9 Å². The number of hydrogen-bond acceptors (Lipinski definition) is 1. The second kappa shape index (κ2) is 4.09. The van der Waals surface area contributed by atoms with E-state index in [1.165, 1.54) is 20.3 Å². The highest BCUT2D eigenvalue weighted by Gasteiger charge is 2.00. The van der Waals surface area contributed by atoms with Crippen LogP contribution in [0.4, 0.5) is 0 Å². The van der Waals surface area contributed by atoms with Gasteiger partial charge in [0, 0.05) is 16.0 Å². The van der Waals surface area contributed by atoms with Gasteiger partial charge in [-0.15, -0.1) is 0 Å². The molecule has 0 aliphatic rings. The third kappa shape index (κ3) is 1.95. The summed E-state index contributed by atoms with van der Waals surface area (Å²) < 4.78 is 1.26. The molecule has 14 heavy (non-hydrogen) atoms. The summed E-state index contributed by atoms with van der Waals surface area (Å²) in [5.41, 5.74) is 3.74. The minimum absolute atomic E-state index is 1.22. The summed E-state index contributed by atoms with van der Waals surface area (Å²) in [7, 11) is 0. The molecule has 2 heteroatoms. The van der Waals surface area contributed by atoms with Crippen LogP contribution < -0.4 is 0 Å². The Morgan fingerprint density at radius 3 is 2.79 bits per heavy atom. The van der Waals surface area contributed by atoms with Gasteiger partial charge in [-0.2, -0.15) is 0 Å². The number of hydrogen-bond donors (Lipinski definition) is 0. The van der Waals surface area contributed by atoms with Crippen LogP contribution in [0.1, 0.15) is 5.56 Å². The Morgan fingerprint density at radius 2 is 2.07 bits per heavy atom. The van der Waals surface area contributed by atoms with E-state index in [0.717, 1.165) is 0 Å². The van der Waals surface area contributed by atoms with Crippen molar-refractivity contribution in [2.75, 3.05) is 0 Å². The van der Waals surface area contributed by atoms with Crippen LogP contribution in [0.25, 0.3) is 11.1 Å². The zero-order chi connectivity index (χ0) is 9.97. The second-order valence-electron chi connectivity index (χ2n) is 3.20. The van der Waals surface area contributed by atoms with Crippen molar-refractivity contribution in [1.29, 1.82) is 0 Å². The lowest BCUT2D eigenvalue weighted by molar-refractivity contribution is 1.27. The van der Waals surface area contributed by atoms with E-state index in [0.29, 0.717) is 0 Å². The third-order valence-corrected chi connectivity index (χ3v) is 2.83. The van der Waals surface area contributed by atoms with Gasteiger partial charge in [-0.25, -0.2) is 0 Å². The van der Waals surface area contributed by atoms with E-state index >= 15 is 0 Å². The molecule has 0 N–H and O–H groups in total. The maximum absolute atomic E-state index is 4.09. The molecule has 0 amide bonds. The lowest BCUT2D eigenvalue weighted by Crippen LogP contribution is -1.84. The summed E-state index contributed by atoms with van der Waals surface area (Å²) in [6, 6.07) is 10.5. The van der Waals surface area contributed by atoms with E-state index in [1.54, 1.807) is 0 Å². The van der Waals surface area contributed by atoms with Gasteiger partial charge in [0.1, 0.15) is 0 Å². The highest BCUT2D eigenvalue weighted by molar-refractivity contribution is 14.1. The molecule has 0 unspecified atom stereocenters. The van der Waals surface area contributed by atoms with Gasteiger partial charge in [0.2, 0.25) is 0 Å². The van der Waals surface area contributed by atoms with Crippen molar-refractivity contribution in [3.8, 4) is 11.1 Å². The van der Waals surface area contributed by atoms with Gasteiger partial charge < -0.3 is 0 Å². The number of pyridine rings is 1. The number of aromatic nitrogens is 1. The summed E-state index contributed by atoms with van der Waals surface area (Å²) in [5, 5.41) is 0. The molecule has 0 aliphatic heterocycles. The van der Waals surface area contributed by atoms with E-state index in [1.807, 2.05) is 12.4 Å². The van der Waals surface area contributed by atoms with Gasteiger partial charge in [0.15, 0.2) is 0 Å². The van der Waals surface area contributed by atoms with Crippen molar-refractivity contribution < 1.29 is 0 Å². The molecule has 0 fully saturated rings.